The zero-order valence-corrected chi connectivity index (χ0v) is 17.7. The molecule has 0 bridgehead atoms. The molecule has 30 heavy (non-hydrogen) atoms. The predicted octanol–water partition coefficient (Wildman–Crippen LogP) is 6.05. The second-order valence-electron chi connectivity index (χ2n) is 7.22. The highest BCUT2D eigenvalue weighted by Gasteiger charge is 2.12. The SMILES string of the molecule is COc1cc2c(cc1NCCCCc1ccc(OC)c(OC)c1)oc1ccccc12. The number of aryl methyl sites for hydroxylation is 1. The fourth-order valence-electron chi connectivity index (χ4n) is 3.77. The minimum absolute atomic E-state index is 0.760. The molecule has 0 radical (unpaired) electrons. The third kappa shape index (κ3) is 4.01. The van der Waals surface area contributed by atoms with Gasteiger partial charge in [-0.3, -0.25) is 0 Å². The van der Waals surface area contributed by atoms with Gasteiger partial charge >= 0.3 is 0 Å². The number of methoxy groups -OCH3 is 3. The van der Waals surface area contributed by atoms with E-state index in [0.29, 0.717) is 0 Å². The van der Waals surface area contributed by atoms with E-state index < -0.39 is 0 Å². The van der Waals surface area contributed by atoms with Gasteiger partial charge in [-0.25, -0.2) is 0 Å². The minimum atomic E-state index is 0.760. The number of hydrogen-bond donors (Lipinski definition) is 1. The van der Waals surface area contributed by atoms with Crippen LogP contribution in [0, 0.1) is 0 Å². The molecule has 0 saturated heterocycles. The molecule has 0 fully saturated rings. The van der Waals surface area contributed by atoms with E-state index in [0.717, 1.165) is 70.7 Å². The summed E-state index contributed by atoms with van der Waals surface area (Å²) in [6.45, 7) is 0.857. The lowest BCUT2D eigenvalue weighted by atomic mass is 10.1. The number of fused-ring (bicyclic) bond motifs is 3. The molecule has 0 aliphatic heterocycles. The third-order valence-electron chi connectivity index (χ3n) is 5.35. The number of furan rings is 1. The van der Waals surface area contributed by atoms with Crippen LogP contribution in [0.2, 0.25) is 0 Å². The van der Waals surface area contributed by atoms with Crippen molar-refractivity contribution in [3.8, 4) is 17.2 Å². The Labute approximate surface area is 176 Å². The highest BCUT2D eigenvalue weighted by molar-refractivity contribution is 6.06. The van der Waals surface area contributed by atoms with Crippen LogP contribution in [-0.4, -0.2) is 27.9 Å². The van der Waals surface area contributed by atoms with Gasteiger partial charge in [0.15, 0.2) is 11.5 Å². The molecule has 0 aliphatic rings. The van der Waals surface area contributed by atoms with Gasteiger partial charge in [-0.1, -0.05) is 24.3 Å². The number of ether oxygens (including phenoxy) is 3. The molecule has 1 heterocycles. The Balaban J connectivity index is 1.38. The Kier molecular flexibility index (Phi) is 5.98. The van der Waals surface area contributed by atoms with E-state index >= 15 is 0 Å². The molecule has 0 spiro atoms. The molecular formula is C25H27NO4. The molecule has 4 rings (SSSR count). The van der Waals surface area contributed by atoms with Gasteiger partial charge in [-0.2, -0.15) is 0 Å². The first-order valence-electron chi connectivity index (χ1n) is 10.2. The number of benzene rings is 3. The van der Waals surface area contributed by atoms with Gasteiger partial charge in [0.25, 0.3) is 0 Å². The number of nitrogens with one attached hydrogen (secondary N) is 1. The van der Waals surface area contributed by atoms with E-state index in [1.807, 2.05) is 42.5 Å². The molecule has 0 unspecified atom stereocenters. The van der Waals surface area contributed by atoms with Gasteiger partial charge < -0.3 is 23.9 Å². The van der Waals surface area contributed by atoms with E-state index in [4.69, 9.17) is 18.6 Å². The Hall–Kier alpha value is -3.34. The molecule has 0 amide bonds. The number of para-hydroxylation sites is 1. The Bertz CT molecular complexity index is 1150. The summed E-state index contributed by atoms with van der Waals surface area (Å²) in [5.41, 5.74) is 3.95. The predicted molar refractivity (Wildman–Crippen MR) is 121 cm³/mol. The van der Waals surface area contributed by atoms with Gasteiger partial charge in [-0.15, -0.1) is 0 Å². The zero-order valence-electron chi connectivity index (χ0n) is 17.7. The smallest absolute Gasteiger partial charge is 0.160 e. The van der Waals surface area contributed by atoms with Crippen molar-refractivity contribution < 1.29 is 18.6 Å². The van der Waals surface area contributed by atoms with E-state index in [1.165, 1.54) is 5.56 Å². The number of unbranched alkanes of at least 4 members (excludes halogenated alkanes) is 1. The summed E-state index contributed by atoms with van der Waals surface area (Å²) in [7, 11) is 5.02. The fraction of sp³-hybridized carbons (Fsp3) is 0.280. The van der Waals surface area contributed by atoms with Gasteiger partial charge in [0.2, 0.25) is 0 Å². The van der Waals surface area contributed by atoms with Crippen molar-refractivity contribution in [1.29, 1.82) is 0 Å². The lowest BCUT2D eigenvalue weighted by molar-refractivity contribution is 0.354. The number of hydrogen-bond acceptors (Lipinski definition) is 5. The first kappa shape index (κ1) is 20.0. The highest BCUT2D eigenvalue weighted by Crippen LogP contribution is 2.36. The first-order chi connectivity index (χ1) is 14.7. The number of anilines is 1. The van der Waals surface area contributed by atoms with E-state index in [9.17, 15) is 0 Å². The van der Waals surface area contributed by atoms with Crippen LogP contribution in [0.3, 0.4) is 0 Å². The van der Waals surface area contributed by atoms with Gasteiger partial charge in [0, 0.05) is 23.4 Å². The Morgan fingerprint density at radius 2 is 1.53 bits per heavy atom. The molecule has 0 aliphatic carbocycles. The lowest BCUT2D eigenvalue weighted by Gasteiger charge is -2.12. The van der Waals surface area contributed by atoms with E-state index in [2.05, 4.69) is 17.4 Å². The standard InChI is InChI=1S/C25H27NO4/c1-27-22-12-11-17(14-25(22)29-3)8-6-7-13-26-20-16-23-19(15-24(20)28-2)18-9-4-5-10-21(18)30-23/h4-5,9-12,14-16,26H,6-8,13H2,1-3H3. The van der Waals surface area contributed by atoms with Crippen molar-refractivity contribution >= 4 is 27.6 Å². The van der Waals surface area contributed by atoms with Crippen LogP contribution in [0.25, 0.3) is 21.9 Å². The Morgan fingerprint density at radius 1 is 0.733 bits per heavy atom. The average Bonchev–Trinajstić information content (AvgIpc) is 3.15. The van der Waals surface area contributed by atoms with Crippen molar-refractivity contribution in [1.82, 2.24) is 0 Å². The summed E-state index contributed by atoms with van der Waals surface area (Å²) in [6, 6.07) is 18.2. The molecule has 4 aromatic rings. The maximum atomic E-state index is 6.00. The van der Waals surface area contributed by atoms with Crippen molar-refractivity contribution in [2.24, 2.45) is 0 Å². The summed E-state index contributed by atoms with van der Waals surface area (Å²) in [6.07, 6.45) is 3.09. The lowest BCUT2D eigenvalue weighted by Crippen LogP contribution is -2.04. The molecule has 1 N–H and O–H groups in total. The molecule has 0 atom stereocenters. The number of rotatable bonds is 9. The molecular weight excluding hydrogens is 378 g/mol. The molecule has 5 heteroatoms. The summed E-state index contributed by atoms with van der Waals surface area (Å²) in [5, 5.41) is 5.67. The highest BCUT2D eigenvalue weighted by atomic mass is 16.5. The van der Waals surface area contributed by atoms with Crippen LogP contribution in [-0.2, 0) is 6.42 Å². The van der Waals surface area contributed by atoms with Crippen molar-refractivity contribution in [2.75, 3.05) is 33.2 Å². The monoisotopic (exact) mass is 405 g/mol. The topological polar surface area (TPSA) is 52.9 Å². The van der Waals surface area contributed by atoms with Crippen LogP contribution in [0.15, 0.2) is 59.0 Å². The molecule has 5 nitrogen and oxygen atoms in total. The second-order valence-corrected chi connectivity index (χ2v) is 7.22. The van der Waals surface area contributed by atoms with Crippen molar-refractivity contribution in [3.05, 3.63) is 60.2 Å². The molecule has 1 aromatic heterocycles. The van der Waals surface area contributed by atoms with E-state index in [1.54, 1.807) is 21.3 Å². The quantitative estimate of drug-likeness (QED) is 0.344. The zero-order chi connectivity index (χ0) is 20.9. The van der Waals surface area contributed by atoms with Gasteiger partial charge in [0.05, 0.1) is 27.0 Å². The third-order valence-corrected chi connectivity index (χ3v) is 5.35. The summed E-state index contributed by atoms with van der Waals surface area (Å²) in [4.78, 5) is 0. The van der Waals surface area contributed by atoms with Gasteiger partial charge in [-0.05, 0) is 49.1 Å². The average molecular weight is 405 g/mol. The van der Waals surface area contributed by atoms with Crippen LogP contribution in [0.1, 0.15) is 18.4 Å². The van der Waals surface area contributed by atoms with Crippen molar-refractivity contribution in [3.63, 3.8) is 0 Å². The summed E-state index contributed by atoms with van der Waals surface area (Å²) in [5.74, 6) is 2.36. The largest absolute Gasteiger partial charge is 0.495 e. The molecule has 3 aromatic carbocycles. The summed E-state index contributed by atoms with van der Waals surface area (Å²) >= 11 is 0. The molecule has 0 saturated carbocycles. The fourth-order valence-corrected chi connectivity index (χ4v) is 3.77. The minimum Gasteiger partial charge on any atom is -0.495 e. The van der Waals surface area contributed by atoms with E-state index in [-0.39, 0.29) is 0 Å². The summed E-state index contributed by atoms with van der Waals surface area (Å²) < 4.78 is 22.3. The normalized spacial score (nSPS) is 11.0. The first-order valence-corrected chi connectivity index (χ1v) is 10.2. The molecule has 156 valence electrons. The maximum Gasteiger partial charge on any atom is 0.160 e. The van der Waals surface area contributed by atoms with Crippen LogP contribution in [0.4, 0.5) is 5.69 Å². The maximum absolute atomic E-state index is 6.00. The van der Waals surface area contributed by atoms with Crippen LogP contribution >= 0.6 is 0 Å². The van der Waals surface area contributed by atoms with Crippen molar-refractivity contribution in [2.45, 2.75) is 19.3 Å². The van der Waals surface area contributed by atoms with Crippen LogP contribution in [0.5, 0.6) is 17.2 Å². The van der Waals surface area contributed by atoms with Gasteiger partial charge in [0.1, 0.15) is 16.9 Å². The van der Waals surface area contributed by atoms with Crippen LogP contribution < -0.4 is 19.5 Å². The Morgan fingerprint density at radius 3 is 2.33 bits per heavy atom. The second kappa shape index (κ2) is 8.99.